The number of alkyl halides is 3. The van der Waals surface area contributed by atoms with Crippen LogP contribution in [0.3, 0.4) is 0 Å². The number of carbonyl (C=O) groups is 1. The van der Waals surface area contributed by atoms with Gasteiger partial charge in [-0.1, -0.05) is 29.4 Å². The Balaban J connectivity index is 1.72. The molecule has 1 N–H and O–H groups in total. The molecule has 0 aliphatic carbocycles. The number of hydrogen-bond acceptors (Lipinski definition) is 5. The van der Waals surface area contributed by atoms with Gasteiger partial charge in [0.2, 0.25) is 11.7 Å². The number of rotatable bonds is 6. The number of ether oxygens (including phenoxy) is 1. The van der Waals surface area contributed by atoms with Crippen LogP contribution in [0.1, 0.15) is 46.2 Å². The first-order valence-corrected chi connectivity index (χ1v) is 8.73. The van der Waals surface area contributed by atoms with E-state index >= 15 is 0 Å². The average Bonchev–Trinajstić information content (AvgIpc) is 3.11. The number of para-hydroxylation sites is 1. The molecule has 29 heavy (non-hydrogen) atoms. The maximum absolute atomic E-state index is 12.9. The van der Waals surface area contributed by atoms with Crippen LogP contribution >= 0.6 is 0 Å². The van der Waals surface area contributed by atoms with Crippen LogP contribution in [0.2, 0.25) is 0 Å². The van der Waals surface area contributed by atoms with Gasteiger partial charge in [-0.25, -0.2) is 0 Å². The summed E-state index contributed by atoms with van der Waals surface area (Å²) in [6.45, 7) is 3.26. The summed E-state index contributed by atoms with van der Waals surface area (Å²) in [4.78, 5) is 16.7. The van der Waals surface area contributed by atoms with E-state index in [0.29, 0.717) is 23.0 Å². The summed E-state index contributed by atoms with van der Waals surface area (Å²) < 4.78 is 49.2. The van der Waals surface area contributed by atoms with Gasteiger partial charge in [-0.05, 0) is 36.8 Å². The lowest BCUT2D eigenvalue weighted by atomic mass is 10.0. The van der Waals surface area contributed by atoms with Crippen LogP contribution in [0.15, 0.2) is 53.1 Å². The molecule has 0 spiro atoms. The van der Waals surface area contributed by atoms with Gasteiger partial charge in [0.1, 0.15) is 5.75 Å². The Hall–Kier alpha value is -3.36. The first-order chi connectivity index (χ1) is 13.7. The molecule has 1 aromatic heterocycles. The van der Waals surface area contributed by atoms with Gasteiger partial charge in [0, 0.05) is 6.92 Å². The standard InChI is InChI=1S/C20H18F3N3O3/c1-12(14-6-5-7-15(10-14)20(21,22)23)24-19(27)16-8-3-4-9-17(16)28-11-18-25-13(2)29-26-18/h3-10,12H,11H2,1-2H3,(H,24,27)/t12-/m1/s1. The van der Waals surface area contributed by atoms with E-state index in [-0.39, 0.29) is 12.2 Å². The molecule has 2 aromatic carbocycles. The summed E-state index contributed by atoms with van der Waals surface area (Å²) >= 11 is 0. The lowest BCUT2D eigenvalue weighted by Crippen LogP contribution is -2.27. The molecule has 0 saturated heterocycles. The van der Waals surface area contributed by atoms with Crippen molar-refractivity contribution in [2.75, 3.05) is 0 Å². The van der Waals surface area contributed by atoms with Crippen LogP contribution in [0.25, 0.3) is 0 Å². The van der Waals surface area contributed by atoms with Gasteiger partial charge in [0.15, 0.2) is 6.61 Å². The summed E-state index contributed by atoms with van der Waals surface area (Å²) in [5.74, 6) is 0.540. The van der Waals surface area contributed by atoms with E-state index in [1.807, 2.05) is 0 Å². The highest BCUT2D eigenvalue weighted by atomic mass is 19.4. The summed E-state index contributed by atoms with van der Waals surface area (Å²) in [6.07, 6.45) is -4.45. The third kappa shape index (κ3) is 5.13. The molecular formula is C20H18F3N3O3. The van der Waals surface area contributed by atoms with Crippen molar-refractivity contribution in [1.29, 1.82) is 0 Å². The minimum Gasteiger partial charge on any atom is -0.485 e. The molecule has 6 nitrogen and oxygen atoms in total. The third-order valence-corrected chi connectivity index (χ3v) is 4.12. The number of aryl methyl sites for hydroxylation is 1. The van der Waals surface area contributed by atoms with Crippen molar-refractivity contribution in [2.45, 2.75) is 32.7 Å². The predicted molar refractivity (Wildman–Crippen MR) is 97.1 cm³/mol. The van der Waals surface area contributed by atoms with E-state index in [0.717, 1.165) is 12.1 Å². The van der Waals surface area contributed by atoms with Gasteiger partial charge in [-0.2, -0.15) is 18.2 Å². The Morgan fingerprint density at radius 3 is 2.66 bits per heavy atom. The van der Waals surface area contributed by atoms with Crippen LogP contribution in [0.5, 0.6) is 5.75 Å². The predicted octanol–water partition coefficient (Wildman–Crippen LogP) is 4.47. The fourth-order valence-corrected chi connectivity index (χ4v) is 2.66. The minimum atomic E-state index is -4.45. The lowest BCUT2D eigenvalue weighted by Gasteiger charge is -2.17. The topological polar surface area (TPSA) is 77.2 Å². The maximum Gasteiger partial charge on any atom is 0.416 e. The molecule has 3 rings (SSSR count). The quantitative estimate of drug-likeness (QED) is 0.655. The molecule has 0 aliphatic heterocycles. The second-order valence-corrected chi connectivity index (χ2v) is 6.33. The first-order valence-electron chi connectivity index (χ1n) is 8.73. The van der Waals surface area contributed by atoms with Gasteiger partial charge in [-0.3, -0.25) is 4.79 Å². The van der Waals surface area contributed by atoms with E-state index in [4.69, 9.17) is 9.26 Å². The second-order valence-electron chi connectivity index (χ2n) is 6.33. The van der Waals surface area contributed by atoms with Crippen LogP contribution < -0.4 is 10.1 Å². The molecule has 0 radical (unpaired) electrons. The summed E-state index contributed by atoms with van der Waals surface area (Å²) in [7, 11) is 0. The molecule has 0 bridgehead atoms. The lowest BCUT2D eigenvalue weighted by molar-refractivity contribution is -0.137. The van der Waals surface area contributed by atoms with E-state index < -0.39 is 23.7 Å². The fourth-order valence-electron chi connectivity index (χ4n) is 2.66. The highest BCUT2D eigenvalue weighted by Gasteiger charge is 2.30. The zero-order valence-corrected chi connectivity index (χ0v) is 15.7. The van der Waals surface area contributed by atoms with E-state index in [1.54, 1.807) is 38.1 Å². The van der Waals surface area contributed by atoms with Gasteiger partial charge < -0.3 is 14.6 Å². The van der Waals surface area contributed by atoms with E-state index in [9.17, 15) is 18.0 Å². The highest BCUT2D eigenvalue weighted by Crippen LogP contribution is 2.31. The average molecular weight is 405 g/mol. The number of halogens is 3. The molecule has 0 saturated carbocycles. The Morgan fingerprint density at radius 2 is 1.97 bits per heavy atom. The Bertz CT molecular complexity index is 1000. The Morgan fingerprint density at radius 1 is 1.21 bits per heavy atom. The molecule has 9 heteroatoms. The van der Waals surface area contributed by atoms with Crippen LogP contribution in [0.4, 0.5) is 13.2 Å². The highest BCUT2D eigenvalue weighted by molar-refractivity contribution is 5.97. The normalized spacial score (nSPS) is 12.4. The maximum atomic E-state index is 12.9. The van der Waals surface area contributed by atoms with Gasteiger partial charge in [0.05, 0.1) is 17.2 Å². The van der Waals surface area contributed by atoms with E-state index in [1.165, 1.54) is 12.1 Å². The van der Waals surface area contributed by atoms with Crippen molar-refractivity contribution in [3.8, 4) is 5.75 Å². The zero-order valence-electron chi connectivity index (χ0n) is 15.7. The SMILES string of the molecule is Cc1nc(COc2ccccc2C(=O)N[C@H](C)c2cccc(C(F)(F)F)c2)no1. The molecule has 1 heterocycles. The largest absolute Gasteiger partial charge is 0.485 e. The zero-order chi connectivity index (χ0) is 21.0. The van der Waals surface area contributed by atoms with Crippen LogP contribution in [0, 0.1) is 6.92 Å². The minimum absolute atomic E-state index is 0.00478. The fraction of sp³-hybridized carbons (Fsp3) is 0.250. The van der Waals surface area contributed by atoms with Crippen molar-refractivity contribution in [2.24, 2.45) is 0 Å². The van der Waals surface area contributed by atoms with Gasteiger partial charge in [0.25, 0.3) is 5.91 Å². The Kier molecular flexibility index (Phi) is 5.86. The van der Waals surface area contributed by atoms with Crippen molar-refractivity contribution in [3.63, 3.8) is 0 Å². The van der Waals surface area contributed by atoms with Crippen molar-refractivity contribution in [1.82, 2.24) is 15.5 Å². The Labute approximate surface area is 164 Å². The van der Waals surface area contributed by atoms with Crippen LogP contribution in [-0.2, 0) is 12.8 Å². The van der Waals surface area contributed by atoms with Crippen molar-refractivity contribution >= 4 is 5.91 Å². The van der Waals surface area contributed by atoms with Crippen molar-refractivity contribution in [3.05, 3.63) is 76.9 Å². The third-order valence-electron chi connectivity index (χ3n) is 4.12. The number of hydrogen-bond donors (Lipinski definition) is 1. The summed E-state index contributed by atoms with van der Waals surface area (Å²) in [5, 5.41) is 6.42. The molecule has 0 unspecified atom stereocenters. The molecule has 1 amide bonds. The molecule has 0 aliphatic rings. The number of aromatic nitrogens is 2. The molecule has 1 atom stereocenters. The number of benzene rings is 2. The monoisotopic (exact) mass is 405 g/mol. The first kappa shape index (κ1) is 20.4. The van der Waals surface area contributed by atoms with E-state index in [2.05, 4.69) is 15.5 Å². The second kappa shape index (κ2) is 8.34. The number of nitrogens with zero attached hydrogens (tertiary/aromatic N) is 2. The summed E-state index contributed by atoms with van der Waals surface area (Å²) in [5.41, 5.74) is -0.185. The van der Waals surface area contributed by atoms with Gasteiger partial charge >= 0.3 is 6.18 Å². The number of carbonyl (C=O) groups excluding carboxylic acids is 1. The smallest absolute Gasteiger partial charge is 0.416 e. The molecule has 152 valence electrons. The molecule has 3 aromatic rings. The van der Waals surface area contributed by atoms with Crippen molar-refractivity contribution < 1.29 is 27.2 Å². The molecule has 0 fully saturated rings. The molecular weight excluding hydrogens is 387 g/mol. The van der Waals surface area contributed by atoms with Crippen LogP contribution in [-0.4, -0.2) is 16.0 Å². The number of amides is 1. The summed E-state index contributed by atoms with van der Waals surface area (Å²) in [6, 6.07) is 10.7. The van der Waals surface area contributed by atoms with Gasteiger partial charge in [-0.15, -0.1) is 0 Å². The number of nitrogens with one attached hydrogen (secondary N) is 1.